The zero-order valence-electron chi connectivity index (χ0n) is 6.70. The lowest BCUT2D eigenvalue weighted by Gasteiger charge is -2.05. The summed E-state index contributed by atoms with van der Waals surface area (Å²) in [6.45, 7) is 2.27. The van der Waals surface area contributed by atoms with E-state index in [1.165, 1.54) is 5.56 Å². The van der Waals surface area contributed by atoms with E-state index in [4.69, 9.17) is 5.11 Å². The third kappa shape index (κ3) is 2.68. The lowest BCUT2D eigenvalue weighted by atomic mass is 10.0. The van der Waals surface area contributed by atoms with Crippen LogP contribution in [0.25, 0.3) is 0 Å². The molecule has 0 radical (unpaired) electrons. The molecular weight excluding hydrogens is 138 g/mol. The molecule has 1 rings (SSSR count). The van der Waals surface area contributed by atoms with Crippen molar-refractivity contribution in [3.63, 3.8) is 0 Å². The predicted molar refractivity (Wildman–Crippen MR) is 44.2 cm³/mol. The third-order valence-electron chi connectivity index (χ3n) is 1.62. The zero-order chi connectivity index (χ0) is 8.10. The van der Waals surface area contributed by atoms with Gasteiger partial charge >= 0.3 is 0 Å². The van der Waals surface area contributed by atoms with Gasteiger partial charge in [-0.05, 0) is 24.0 Å². The molecule has 1 aromatic heterocycles. The SMILES string of the molecule is C[C@@H](CO)Cc1cccnc1. The van der Waals surface area contributed by atoms with Gasteiger partial charge in [-0.3, -0.25) is 4.98 Å². The Morgan fingerprint density at radius 1 is 1.64 bits per heavy atom. The van der Waals surface area contributed by atoms with Crippen LogP contribution < -0.4 is 0 Å². The Labute approximate surface area is 66.9 Å². The van der Waals surface area contributed by atoms with Crippen LogP contribution in [0.4, 0.5) is 0 Å². The Morgan fingerprint density at radius 2 is 2.45 bits per heavy atom. The van der Waals surface area contributed by atoms with Crippen molar-refractivity contribution in [3.05, 3.63) is 30.1 Å². The number of aliphatic hydroxyl groups excluding tert-OH is 1. The van der Waals surface area contributed by atoms with Crippen LogP contribution in [0.15, 0.2) is 24.5 Å². The standard InChI is InChI=1S/C9H13NO/c1-8(7-11)5-9-3-2-4-10-6-9/h2-4,6,8,11H,5,7H2,1H3/t8-/m1/s1. The molecule has 0 bridgehead atoms. The van der Waals surface area contributed by atoms with E-state index in [1.54, 1.807) is 6.20 Å². The molecule has 0 aliphatic rings. The molecule has 11 heavy (non-hydrogen) atoms. The summed E-state index contributed by atoms with van der Waals surface area (Å²) in [6.07, 6.45) is 4.50. The summed E-state index contributed by atoms with van der Waals surface area (Å²) in [4.78, 5) is 3.99. The lowest BCUT2D eigenvalue weighted by Crippen LogP contribution is -2.04. The fourth-order valence-electron chi connectivity index (χ4n) is 0.986. The fraction of sp³-hybridized carbons (Fsp3) is 0.444. The number of nitrogens with zero attached hydrogens (tertiary/aromatic N) is 1. The summed E-state index contributed by atoms with van der Waals surface area (Å²) in [5.74, 6) is 0.333. The van der Waals surface area contributed by atoms with E-state index in [0.29, 0.717) is 5.92 Å². The van der Waals surface area contributed by atoms with Crippen molar-refractivity contribution in [2.75, 3.05) is 6.61 Å². The summed E-state index contributed by atoms with van der Waals surface area (Å²) >= 11 is 0. The molecule has 0 saturated carbocycles. The molecule has 1 atom stereocenters. The van der Waals surface area contributed by atoms with Crippen LogP contribution >= 0.6 is 0 Å². The Balaban J connectivity index is 2.51. The lowest BCUT2D eigenvalue weighted by molar-refractivity contribution is 0.237. The van der Waals surface area contributed by atoms with Gasteiger partial charge in [-0.15, -0.1) is 0 Å². The smallest absolute Gasteiger partial charge is 0.0459 e. The van der Waals surface area contributed by atoms with Gasteiger partial charge in [0.25, 0.3) is 0 Å². The molecule has 0 aliphatic heterocycles. The van der Waals surface area contributed by atoms with Crippen LogP contribution in [0.1, 0.15) is 12.5 Å². The van der Waals surface area contributed by atoms with Crippen molar-refractivity contribution in [3.8, 4) is 0 Å². The van der Waals surface area contributed by atoms with Gasteiger partial charge in [-0.25, -0.2) is 0 Å². The van der Waals surface area contributed by atoms with Crippen LogP contribution in [0.3, 0.4) is 0 Å². The number of pyridine rings is 1. The number of hydrogen-bond donors (Lipinski definition) is 1. The van der Waals surface area contributed by atoms with Crippen molar-refractivity contribution in [2.24, 2.45) is 5.92 Å². The highest BCUT2D eigenvalue weighted by molar-refractivity contribution is 5.08. The number of aromatic nitrogens is 1. The summed E-state index contributed by atoms with van der Waals surface area (Å²) in [5, 5.41) is 8.78. The van der Waals surface area contributed by atoms with Gasteiger partial charge < -0.3 is 5.11 Å². The molecular formula is C9H13NO. The molecule has 0 aromatic carbocycles. The molecule has 1 aromatic rings. The van der Waals surface area contributed by atoms with Crippen molar-refractivity contribution in [1.29, 1.82) is 0 Å². The second-order valence-corrected chi connectivity index (χ2v) is 2.85. The Morgan fingerprint density at radius 3 is 3.00 bits per heavy atom. The topological polar surface area (TPSA) is 33.1 Å². The van der Waals surface area contributed by atoms with E-state index in [0.717, 1.165) is 6.42 Å². The molecule has 0 aliphatic carbocycles. The van der Waals surface area contributed by atoms with Crippen LogP contribution in [0, 0.1) is 5.92 Å². The van der Waals surface area contributed by atoms with Gasteiger partial charge in [0.2, 0.25) is 0 Å². The summed E-state index contributed by atoms with van der Waals surface area (Å²) in [7, 11) is 0. The molecule has 0 fully saturated rings. The van der Waals surface area contributed by atoms with E-state index >= 15 is 0 Å². The minimum absolute atomic E-state index is 0.245. The molecule has 0 spiro atoms. The molecule has 1 heterocycles. The molecule has 1 N–H and O–H groups in total. The Bertz CT molecular complexity index is 198. The highest BCUT2D eigenvalue weighted by Gasteiger charge is 2.00. The van der Waals surface area contributed by atoms with E-state index in [9.17, 15) is 0 Å². The monoisotopic (exact) mass is 151 g/mol. The van der Waals surface area contributed by atoms with E-state index in [2.05, 4.69) is 4.98 Å². The molecule has 2 heteroatoms. The normalized spacial score (nSPS) is 12.9. The first kappa shape index (κ1) is 8.21. The molecule has 0 saturated heterocycles. The number of aliphatic hydroxyl groups is 1. The van der Waals surface area contributed by atoms with Crippen LogP contribution in [-0.2, 0) is 6.42 Å². The van der Waals surface area contributed by atoms with Crippen LogP contribution in [-0.4, -0.2) is 16.7 Å². The van der Waals surface area contributed by atoms with Gasteiger partial charge in [-0.2, -0.15) is 0 Å². The average Bonchev–Trinajstić information content (AvgIpc) is 2.06. The third-order valence-corrected chi connectivity index (χ3v) is 1.62. The summed E-state index contributed by atoms with van der Waals surface area (Å²) in [6, 6.07) is 3.94. The van der Waals surface area contributed by atoms with Gasteiger partial charge in [0.15, 0.2) is 0 Å². The van der Waals surface area contributed by atoms with Gasteiger partial charge in [0, 0.05) is 19.0 Å². The molecule has 0 unspecified atom stereocenters. The highest BCUT2D eigenvalue weighted by Crippen LogP contribution is 2.05. The van der Waals surface area contributed by atoms with Crippen molar-refractivity contribution >= 4 is 0 Å². The van der Waals surface area contributed by atoms with E-state index < -0.39 is 0 Å². The highest BCUT2D eigenvalue weighted by atomic mass is 16.3. The molecule has 0 amide bonds. The van der Waals surface area contributed by atoms with E-state index in [-0.39, 0.29) is 6.61 Å². The first-order valence-corrected chi connectivity index (χ1v) is 3.82. The zero-order valence-corrected chi connectivity index (χ0v) is 6.70. The number of rotatable bonds is 3. The second-order valence-electron chi connectivity index (χ2n) is 2.85. The fourth-order valence-corrected chi connectivity index (χ4v) is 0.986. The largest absolute Gasteiger partial charge is 0.396 e. The molecule has 60 valence electrons. The molecule has 2 nitrogen and oxygen atoms in total. The minimum Gasteiger partial charge on any atom is -0.396 e. The first-order valence-electron chi connectivity index (χ1n) is 3.82. The summed E-state index contributed by atoms with van der Waals surface area (Å²) < 4.78 is 0. The average molecular weight is 151 g/mol. The van der Waals surface area contributed by atoms with Gasteiger partial charge in [0.1, 0.15) is 0 Å². The van der Waals surface area contributed by atoms with E-state index in [1.807, 2.05) is 25.3 Å². The van der Waals surface area contributed by atoms with Gasteiger partial charge in [-0.1, -0.05) is 13.0 Å². The number of hydrogen-bond acceptors (Lipinski definition) is 2. The van der Waals surface area contributed by atoms with Crippen LogP contribution in [0.2, 0.25) is 0 Å². The van der Waals surface area contributed by atoms with Gasteiger partial charge in [0.05, 0.1) is 0 Å². The second kappa shape index (κ2) is 4.09. The predicted octanol–water partition coefficient (Wildman–Crippen LogP) is 1.25. The Kier molecular flexibility index (Phi) is 3.05. The summed E-state index contributed by atoms with van der Waals surface area (Å²) in [5.41, 5.74) is 1.19. The quantitative estimate of drug-likeness (QED) is 0.705. The van der Waals surface area contributed by atoms with Crippen molar-refractivity contribution in [1.82, 2.24) is 4.98 Å². The maximum atomic E-state index is 8.78. The van der Waals surface area contributed by atoms with Crippen molar-refractivity contribution in [2.45, 2.75) is 13.3 Å². The maximum Gasteiger partial charge on any atom is 0.0459 e. The Hall–Kier alpha value is -0.890. The van der Waals surface area contributed by atoms with Crippen LogP contribution in [0.5, 0.6) is 0 Å². The minimum atomic E-state index is 0.245. The van der Waals surface area contributed by atoms with Crippen molar-refractivity contribution < 1.29 is 5.11 Å². The first-order chi connectivity index (χ1) is 5.33. The maximum absolute atomic E-state index is 8.78.